The van der Waals surface area contributed by atoms with Gasteiger partial charge in [0.05, 0.1) is 11.9 Å². The van der Waals surface area contributed by atoms with Gasteiger partial charge in [0.1, 0.15) is 5.75 Å². The fraction of sp³-hybridized carbons (Fsp3) is 0.222. The number of fused-ring (bicyclic) bond motifs is 1. The van der Waals surface area contributed by atoms with Gasteiger partial charge in [-0.3, -0.25) is 9.36 Å². The topological polar surface area (TPSA) is 31.2 Å². The van der Waals surface area contributed by atoms with E-state index in [0.717, 1.165) is 27.6 Å². The summed E-state index contributed by atoms with van der Waals surface area (Å²) in [5.41, 5.74) is 5.23. The zero-order chi connectivity index (χ0) is 22.0. The maximum Gasteiger partial charge on any atom is 0.235 e. The van der Waals surface area contributed by atoms with Crippen molar-refractivity contribution in [2.24, 2.45) is 0 Å². The van der Waals surface area contributed by atoms with E-state index in [-0.39, 0.29) is 12.3 Å². The number of hydrogen-bond acceptors (Lipinski definition) is 2. The molecule has 0 aliphatic heterocycles. The molecule has 0 amide bonds. The van der Waals surface area contributed by atoms with Gasteiger partial charge >= 0.3 is 0 Å². The number of carbonyl (C=O) groups is 1. The van der Waals surface area contributed by atoms with E-state index in [1.807, 2.05) is 30.5 Å². The minimum Gasteiger partial charge on any atom is -0.461 e. The van der Waals surface area contributed by atoms with Crippen molar-refractivity contribution < 1.29 is 13.9 Å². The summed E-state index contributed by atoms with van der Waals surface area (Å²) in [6, 6.07) is 23.4. The van der Waals surface area contributed by atoms with Gasteiger partial charge in [-0.1, -0.05) is 68.4 Å². The standard InChI is InChI=1S/C27H26FNO2/c1-18(2)22-8-4-5-9-23(22)25-17-29(26-11-7-6-10-24(25)26)27(30)16-20-12-14-21(15-13-20)31-19(3)28/h4-15,17-19H,16H2,1-3H3. The first kappa shape index (κ1) is 20.9. The summed E-state index contributed by atoms with van der Waals surface area (Å²) >= 11 is 0. The van der Waals surface area contributed by atoms with Crippen LogP contribution in [0.3, 0.4) is 0 Å². The lowest BCUT2D eigenvalue weighted by atomic mass is 9.92. The largest absolute Gasteiger partial charge is 0.461 e. The number of para-hydroxylation sites is 1. The maximum absolute atomic E-state index is 13.2. The lowest BCUT2D eigenvalue weighted by Gasteiger charge is -2.12. The molecule has 0 fully saturated rings. The second-order valence-corrected chi connectivity index (χ2v) is 8.05. The van der Waals surface area contributed by atoms with Crippen LogP contribution in [0.2, 0.25) is 0 Å². The Morgan fingerprint density at radius 1 is 0.903 bits per heavy atom. The zero-order valence-corrected chi connectivity index (χ0v) is 18.0. The molecule has 1 atom stereocenters. The van der Waals surface area contributed by atoms with Crippen molar-refractivity contribution in [3.05, 3.63) is 90.1 Å². The molecule has 3 nitrogen and oxygen atoms in total. The summed E-state index contributed by atoms with van der Waals surface area (Å²) in [4.78, 5) is 13.2. The molecule has 0 aliphatic carbocycles. The van der Waals surface area contributed by atoms with Crippen LogP contribution >= 0.6 is 0 Å². The second-order valence-electron chi connectivity index (χ2n) is 8.05. The van der Waals surface area contributed by atoms with Crippen LogP contribution in [0, 0.1) is 0 Å². The number of hydrogen-bond donors (Lipinski definition) is 0. The quantitative estimate of drug-likeness (QED) is 0.339. The van der Waals surface area contributed by atoms with E-state index in [2.05, 4.69) is 38.1 Å². The molecule has 0 saturated heterocycles. The van der Waals surface area contributed by atoms with E-state index in [9.17, 15) is 9.18 Å². The van der Waals surface area contributed by atoms with Gasteiger partial charge in [0, 0.05) is 24.1 Å². The Hall–Kier alpha value is -3.40. The van der Waals surface area contributed by atoms with Crippen molar-refractivity contribution in [1.29, 1.82) is 0 Å². The number of benzene rings is 3. The fourth-order valence-electron chi connectivity index (χ4n) is 3.98. The van der Waals surface area contributed by atoms with E-state index in [1.165, 1.54) is 12.5 Å². The lowest BCUT2D eigenvalue weighted by Crippen LogP contribution is -2.12. The summed E-state index contributed by atoms with van der Waals surface area (Å²) in [7, 11) is 0. The van der Waals surface area contributed by atoms with Crippen LogP contribution in [-0.2, 0) is 6.42 Å². The first-order valence-corrected chi connectivity index (χ1v) is 10.6. The van der Waals surface area contributed by atoms with Crippen LogP contribution < -0.4 is 4.74 Å². The maximum atomic E-state index is 13.2. The Bertz CT molecular complexity index is 1210. The number of aromatic nitrogens is 1. The van der Waals surface area contributed by atoms with E-state index >= 15 is 0 Å². The van der Waals surface area contributed by atoms with Crippen LogP contribution in [0.1, 0.15) is 42.6 Å². The van der Waals surface area contributed by atoms with Crippen molar-refractivity contribution in [3.63, 3.8) is 0 Å². The minimum atomic E-state index is -1.37. The molecule has 4 rings (SSSR count). The Morgan fingerprint density at radius 3 is 2.29 bits per heavy atom. The molecular weight excluding hydrogens is 389 g/mol. The third-order valence-corrected chi connectivity index (χ3v) is 5.43. The average molecular weight is 416 g/mol. The third-order valence-electron chi connectivity index (χ3n) is 5.43. The highest BCUT2D eigenvalue weighted by Crippen LogP contribution is 2.35. The highest BCUT2D eigenvalue weighted by molar-refractivity contribution is 6.02. The molecule has 0 bridgehead atoms. The van der Waals surface area contributed by atoms with Crippen molar-refractivity contribution in [2.75, 3.05) is 0 Å². The molecule has 1 heterocycles. The fourth-order valence-corrected chi connectivity index (χ4v) is 3.98. The SMILES string of the molecule is CC(F)Oc1ccc(CC(=O)n2cc(-c3ccccc3C(C)C)c3ccccc32)cc1. The average Bonchev–Trinajstić information content (AvgIpc) is 3.14. The number of rotatable bonds is 6. The monoisotopic (exact) mass is 415 g/mol. The third kappa shape index (κ3) is 4.38. The number of carbonyl (C=O) groups excluding carboxylic acids is 1. The van der Waals surface area contributed by atoms with Gasteiger partial charge < -0.3 is 4.74 Å². The van der Waals surface area contributed by atoms with E-state index < -0.39 is 6.36 Å². The van der Waals surface area contributed by atoms with Gasteiger partial charge in [0.15, 0.2) is 0 Å². The number of ether oxygens (including phenoxy) is 1. The smallest absolute Gasteiger partial charge is 0.235 e. The predicted octanol–water partition coefficient (Wildman–Crippen LogP) is 7.01. The predicted molar refractivity (Wildman–Crippen MR) is 123 cm³/mol. The number of alkyl halides is 1. The van der Waals surface area contributed by atoms with Crippen LogP contribution in [-0.4, -0.2) is 16.8 Å². The Kier molecular flexibility index (Phi) is 5.90. The summed E-state index contributed by atoms with van der Waals surface area (Å²) in [5.74, 6) is 0.809. The van der Waals surface area contributed by atoms with Crippen LogP contribution in [0.5, 0.6) is 5.75 Å². The van der Waals surface area contributed by atoms with E-state index in [1.54, 1.807) is 28.8 Å². The lowest BCUT2D eigenvalue weighted by molar-refractivity contribution is 0.0858. The number of halogens is 1. The van der Waals surface area contributed by atoms with Crippen molar-refractivity contribution in [3.8, 4) is 16.9 Å². The molecule has 31 heavy (non-hydrogen) atoms. The van der Waals surface area contributed by atoms with Crippen molar-refractivity contribution in [2.45, 2.75) is 39.5 Å². The Balaban J connectivity index is 1.70. The first-order chi connectivity index (χ1) is 14.9. The highest BCUT2D eigenvalue weighted by atomic mass is 19.1. The Labute approximate surface area is 182 Å². The first-order valence-electron chi connectivity index (χ1n) is 10.6. The summed E-state index contributed by atoms with van der Waals surface area (Å²) in [5, 5.41) is 1.06. The van der Waals surface area contributed by atoms with Crippen LogP contribution in [0.25, 0.3) is 22.0 Å². The van der Waals surface area contributed by atoms with Crippen LogP contribution in [0.4, 0.5) is 4.39 Å². The summed E-state index contributed by atoms with van der Waals surface area (Å²) in [6.07, 6.45) is 0.831. The van der Waals surface area contributed by atoms with Crippen LogP contribution in [0.15, 0.2) is 79.0 Å². The van der Waals surface area contributed by atoms with E-state index in [0.29, 0.717) is 11.7 Å². The summed E-state index contributed by atoms with van der Waals surface area (Å²) < 4.78 is 19.8. The molecule has 3 aromatic carbocycles. The van der Waals surface area contributed by atoms with Gasteiger partial charge in [-0.2, -0.15) is 0 Å². The van der Waals surface area contributed by atoms with Gasteiger partial charge in [-0.15, -0.1) is 0 Å². The molecule has 4 heteroatoms. The zero-order valence-electron chi connectivity index (χ0n) is 18.0. The molecule has 0 radical (unpaired) electrons. The van der Waals surface area contributed by atoms with Crippen molar-refractivity contribution >= 4 is 16.8 Å². The van der Waals surface area contributed by atoms with Gasteiger partial charge in [0.25, 0.3) is 0 Å². The molecule has 0 N–H and O–H groups in total. The van der Waals surface area contributed by atoms with Gasteiger partial charge in [-0.05, 0) is 40.8 Å². The number of nitrogens with zero attached hydrogens (tertiary/aromatic N) is 1. The van der Waals surface area contributed by atoms with Gasteiger partial charge in [-0.25, -0.2) is 4.39 Å². The summed E-state index contributed by atoms with van der Waals surface area (Å²) in [6.45, 7) is 5.70. The molecular formula is C27H26FNO2. The molecule has 1 unspecified atom stereocenters. The minimum absolute atomic E-state index is 0.0167. The molecule has 1 aromatic heterocycles. The van der Waals surface area contributed by atoms with Gasteiger partial charge in [0.2, 0.25) is 12.3 Å². The molecule has 158 valence electrons. The van der Waals surface area contributed by atoms with Crippen molar-refractivity contribution in [1.82, 2.24) is 4.57 Å². The van der Waals surface area contributed by atoms with E-state index in [4.69, 9.17) is 4.74 Å². The Morgan fingerprint density at radius 2 is 1.58 bits per heavy atom. The second kappa shape index (κ2) is 8.76. The normalized spacial score (nSPS) is 12.3. The molecule has 0 aliphatic rings. The molecule has 0 spiro atoms. The molecule has 0 saturated carbocycles. The highest BCUT2D eigenvalue weighted by Gasteiger charge is 2.17. The molecule has 4 aromatic rings.